The number of likely N-dealkylation sites (N-methyl/N-ethyl adjacent to an activating group) is 1. The van der Waals surface area contributed by atoms with Crippen molar-refractivity contribution in [3.63, 3.8) is 0 Å². The number of aromatic amines is 1. The molecule has 0 aliphatic heterocycles. The lowest BCUT2D eigenvalue weighted by Gasteiger charge is -2.32. The number of carbonyl (C=O) groups is 7. The first-order valence-corrected chi connectivity index (χ1v) is 15.3. The van der Waals surface area contributed by atoms with Gasteiger partial charge in [-0.3, -0.25) is 28.8 Å². The number of rotatable bonds is 17. The molecule has 0 unspecified atom stereocenters. The number of benzene rings is 2. The van der Waals surface area contributed by atoms with Crippen molar-refractivity contribution in [2.75, 3.05) is 7.05 Å². The Morgan fingerprint density at radius 2 is 1.48 bits per heavy atom. The predicted octanol–water partition coefficient (Wildman–Crippen LogP) is 0.469. The predicted molar refractivity (Wildman–Crippen MR) is 173 cm³/mol. The summed E-state index contributed by atoms with van der Waals surface area (Å²) >= 11 is 0. The van der Waals surface area contributed by atoms with Gasteiger partial charge < -0.3 is 41.8 Å². The van der Waals surface area contributed by atoms with E-state index in [-0.39, 0.29) is 19.3 Å². The molecule has 0 spiro atoms. The van der Waals surface area contributed by atoms with E-state index < -0.39 is 72.1 Å². The van der Waals surface area contributed by atoms with Crippen molar-refractivity contribution >= 4 is 52.4 Å². The highest BCUT2D eigenvalue weighted by Crippen LogP contribution is 2.20. The fraction of sp³-hybridized carbons (Fsp3) is 0.364. The maximum atomic E-state index is 13.9. The zero-order valence-corrected chi connectivity index (χ0v) is 26.6. The second-order valence-corrected chi connectivity index (χ2v) is 11.3. The number of hydrogen-bond donors (Lipinski definition) is 7. The summed E-state index contributed by atoms with van der Waals surface area (Å²) in [5, 5.41) is 26.6. The second-order valence-electron chi connectivity index (χ2n) is 11.3. The van der Waals surface area contributed by atoms with Crippen molar-refractivity contribution in [1.82, 2.24) is 25.8 Å². The molecule has 0 saturated heterocycles. The molecule has 15 nitrogen and oxygen atoms in total. The van der Waals surface area contributed by atoms with Crippen molar-refractivity contribution < 1.29 is 43.8 Å². The maximum Gasteiger partial charge on any atom is 0.394 e. The molecule has 15 heteroatoms. The van der Waals surface area contributed by atoms with E-state index in [4.69, 9.17) is 5.73 Å². The Morgan fingerprint density at radius 3 is 2.10 bits per heavy atom. The Morgan fingerprint density at radius 1 is 0.833 bits per heavy atom. The van der Waals surface area contributed by atoms with Gasteiger partial charge in [0, 0.05) is 37.0 Å². The summed E-state index contributed by atoms with van der Waals surface area (Å²) in [6, 6.07) is 10.3. The number of aromatic nitrogens is 1. The highest BCUT2D eigenvalue weighted by Gasteiger charge is 2.36. The fourth-order valence-electron chi connectivity index (χ4n) is 5.23. The molecule has 0 radical (unpaired) electrons. The van der Waals surface area contributed by atoms with Gasteiger partial charge in [0.2, 0.25) is 23.6 Å². The molecule has 48 heavy (non-hydrogen) atoms. The second kappa shape index (κ2) is 17.3. The smallest absolute Gasteiger partial charge is 0.394 e. The molecule has 0 aliphatic rings. The Hall–Kier alpha value is -5.73. The lowest BCUT2D eigenvalue weighted by Crippen LogP contribution is -2.59. The van der Waals surface area contributed by atoms with E-state index in [0.29, 0.717) is 24.0 Å². The van der Waals surface area contributed by atoms with Gasteiger partial charge in [0.15, 0.2) is 0 Å². The third kappa shape index (κ3) is 10.1. The summed E-state index contributed by atoms with van der Waals surface area (Å²) in [4.78, 5) is 92.4. The van der Waals surface area contributed by atoms with Gasteiger partial charge in [-0.05, 0) is 23.6 Å². The van der Waals surface area contributed by atoms with Crippen LogP contribution in [-0.4, -0.2) is 92.8 Å². The van der Waals surface area contributed by atoms with Gasteiger partial charge in [0.05, 0.1) is 6.42 Å². The van der Waals surface area contributed by atoms with E-state index in [1.807, 2.05) is 6.92 Å². The number of carboxylic acid groups (broad SMARTS) is 2. The number of para-hydroxylation sites is 1. The van der Waals surface area contributed by atoms with Crippen LogP contribution in [0.3, 0.4) is 0 Å². The first-order chi connectivity index (χ1) is 22.8. The third-order valence-electron chi connectivity index (χ3n) is 7.80. The van der Waals surface area contributed by atoms with E-state index in [9.17, 15) is 43.8 Å². The number of carbonyl (C=O) groups excluding carboxylic acids is 5. The molecule has 5 amide bonds. The quantitative estimate of drug-likeness (QED) is 0.0991. The topological polar surface area (TPSA) is 241 Å². The third-order valence-corrected chi connectivity index (χ3v) is 7.80. The van der Waals surface area contributed by atoms with E-state index in [2.05, 4.69) is 20.9 Å². The molecule has 3 aromatic rings. The molecule has 1 aromatic heterocycles. The minimum atomic E-state index is -1.81. The lowest BCUT2D eigenvalue weighted by molar-refractivity contribution is -0.152. The van der Waals surface area contributed by atoms with Crippen molar-refractivity contribution in [2.24, 2.45) is 5.73 Å². The number of fused-ring (bicyclic) bond motifs is 1. The molecule has 0 bridgehead atoms. The number of nitrogens with two attached hydrogens (primary N) is 1. The molecule has 4 atom stereocenters. The molecular weight excluding hydrogens is 624 g/mol. The highest BCUT2D eigenvalue weighted by molar-refractivity contribution is 6.32. The molecule has 3 rings (SSSR count). The standard InChI is InChI=1S/C33H40N6O9/c1-3-4-14-26(30(44)37-24(17-27(40)41)29(43)36-23(28(34)42)15-19-10-6-5-7-11-19)39(2)32(46)25(38-31(45)33(47)48)16-20-18-35-22-13-9-8-12-21(20)22/h5-13,18,23-26,35H,3-4,14-17H2,1-2H3,(H2,34,42)(H,36,43)(H,37,44)(H,38,45)(H,40,41)(H,47,48)/t23-,24-,25-,26-/m0/s1. The molecule has 0 fully saturated rings. The zero-order chi connectivity index (χ0) is 35.4. The Kier molecular flexibility index (Phi) is 13.2. The molecule has 256 valence electrons. The number of H-pyrrole nitrogens is 1. The maximum absolute atomic E-state index is 13.9. The molecule has 2 aromatic carbocycles. The molecule has 1 heterocycles. The number of nitrogens with one attached hydrogen (secondary N) is 4. The number of aliphatic carboxylic acids is 2. The van der Waals surface area contributed by atoms with Crippen molar-refractivity contribution in [3.8, 4) is 0 Å². The molecular formula is C33H40N6O9. The van der Waals surface area contributed by atoms with Gasteiger partial charge >= 0.3 is 17.8 Å². The van der Waals surface area contributed by atoms with Crippen LogP contribution in [-0.2, 0) is 46.4 Å². The van der Waals surface area contributed by atoms with Gasteiger partial charge in [-0.1, -0.05) is 68.3 Å². The lowest BCUT2D eigenvalue weighted by atomic mass is 10.0. The number of nitrogens with zero attached hydrogens (tertiary/aromatic N) is 1. The monoisotopic (exact) mass is 664 g/mol. The van der Waals surface area contributed by atoms with Gasteiger partial charge in [0.1, 0.15) is 24.2 Å². The van der Waals surface area contributed by atoms with Crippen molar-refractivity contribution in [3.05, 3.63) is 71.9 Å². The van der Waals surface area contributed by atoms with Crippen LogP contribution < -0.4 is 21.7 Å². The Bertz CT molecular complexity index is 1640. The van der Waals surface area contributed by atoms with Gasteiger partial charge in [-0.15, -0.1) is 0 Å². The molecule has 0 saturated carbocycles. The number of amides is 5. The minimum Gasteiger partial charge on any atom is -0.481 e. The van der Waals surface area contributed by atoms with Crippen LogP contribution in [0.4, 0.5) is 0 Å². The largest absolute Gasteiger partial charge is 0.481 e. The normalized spacial score (nSPS) is 13.4. The summed E-state index contributed by atoms with van der Waals surface area (Å²) in [5.41, 5.74) is 7.54. The SMILES string of the molecule is CCCC[C@@H](C(=O)N[C@@H](CC(=O)O)C(=O)N[C@@H](Cc1ccccc1)C(N)=O)N(C)C(=O)[C@H](Cc1c[nH]c2ccccc12)NC(=O)C(=O)O. The number of unbranched alkanes of at least 4 members (excludes halogenated alkanes) is 1. The van der Waals surface area contributed by atoms with Crippen LogP contribution in [0.1, 0.15) is 43.7 Å². The Balaban J connectivity index is 1.85. The first kappa shape index (κ1) is 36.7. The van der Waals surface area contributed by atoms with Gasteiger partial charge in [0.25, 0.3) is 0 Å². The number of carboxylic acids is 2. The molecule has 0 aliphatic carbocycles. The van der Waals surface area contributed by atoms with Crippen LogP contribution in [0.15, 0.2) is 60.8 Å². The number of primary amides is 1. The highest BCUT2D eigenvalue weighted by atomic mass is 16.4. The average molecular weight is 665 g/mol. The van der Waals surface area contributed by atoms with Crippen molar-refractivity contribution in [2.45, 2.75) is 69.6 Å². The Labute approximate surface area is 276 Å². The van der Waals surface area contributed by atoms with Crippen LogP contribution in [0.25, 0.3) is 10.9 Å². The van der Waals surface area contributed by atoms with Gasteiger partial charge in [-0.2, -0.15) is 0 Å². The minimum absolute atomic E-state index is 0.0197. The van der Waals surface area contributed by atoms with E-state index in [1.165, 1.54) is 7.05 Å². The van der Waals surface area contributed by atoms with Crippen LogP contribution in [0.2, 0.25) is 0 Å². The van der Waals surface area contributed by atoms with E-state index in [1.54, 1.807) is 60.8 Å². The summed E-state index contributed by atoms with van der Waals surface area (Å²) < 4.78 is 0. The van der Waals surface area contributed by atoms with E-state index >= 15 is 0 Å². The fourth-order valence-corrected chi connectivity index (χ4v) is 5.23. The summed E-state index contributed by atoms with van der Waals surface area (Å²) in [6.45, 7) is 1.85. The summed E-state index contributed by atoms with van der Waals surface area (Å²) in [5.74, 6) is -8.15. The van der Waals surface area contributed by atoms with Gasteiger partial charge in [-0.25, -0.2) is 4.79 Å². The van der Waals surface area contributed by atoms with Crippen LogP contribution >= 0.6 is 0 Å². The van der Waals surface area contributed by atoms with E-state index in [0.717, 1.165) is 15.8 Å². The van der Waals surface area contributed by atoms with Crippen LogP contribution in [0, 0.1) is 0 Å². The first-order valence-electron chi connectivity index (χ1n) is 15.3. The summed E-state index contributed by atoms with van der Waals surface area (Å²) in [7, 11) is 1.30. The summed E-state index contributed by atoms with van der Waals surface area (Å²) in [6.07, 6.45) is 1.84. The van der Waals surface area contributed by atoms with Crippen molar-refractivity contribution in [1.29, 1.82) is 0 Å². The average Bonchev–Trinajstić information content (AvgIpc) is 3.46. The number of hydrogen-bond acceptors (Lipinski definition) is 7. The molecule has 8 N–H and O–H groups in total. The zero-order valence-electron chi connectivity index (χ0n) is 26.6. The van der Waals surface area contributed by atoms with Crippen LogP contribution in [0.5, 0.6) is 0 Å².